The van der Waals surface area contributed by atoms with Crippen molar-refractivity contribution in [3.05, 3.63) is 16.8 Å². The minimum atomic E-state index is 0.246. The van der Waals surface area contributed by atoms with Crippen LogP contribution in [0.1, 0.15) is 31.2 Å². The average Bonchev–Trinajstić information content (AvgIpc) is 2.52. The molecule has 2 heterocycles. The van der Waals surface area contributed by atoms with E-state index < -0.39 is 0 Å². The number of fused-ring (bicyclic) bond motifs is 1. The number of thiophene rings is 1. The number of nitrogens with one attached hydrogen (secondary N) is 1. The van der Waals surface area contributed by atoms with E-state index in [0.29, 0.717) is 0 Å². The molecule has 17 heavy (non-hydrogen) atoms. The first-order valence-electron chi connectivity index (χ1n) is 5.83. The van der Waals surface area contributed by atoms with E-state index in [0.717, 1.165) is 17.2 Å². The van der Waals surface area contributed by atoms with Crippen molar-refractivity contribution in [3.8, 4) is 0 Å². The molecule has 2 aromatic rings. The van der Waals surface area contributed by atoms with Crippen molar-refractivity contribution in [1.29, 1.82) is 0 Å². The molecule has 0 saturated carbocycles. The zero-order valence-corrected chi connectivity index (χ0v) is 11.9. The fourth-order valence-corrected chi connectivity index (χ4v) is 2.66. The maximum Gasteiger partial charge on any atom is 0.138 e. The molecule has 0 aromatic carbocycles. The Hall–Kier alpha value is -1.16. The Labute approximate surface area is 106 Å². The highest BCUT2D eigenvalue weighted by atomic mass is 32.1. The predicted octanol–water partition coefficient (Wildman–Crippen LogP) is 3.77. The third kappa shape index (κ3) is 2.57. The molecule has 1 N–H and O–H groups in total. The van der Waals surface area contributed by atoms with Gasteiger partial charge in [-0.15, -0.1) is 11.3 Å². The van der Waals surface area contributed by atoms with Crippen LogP contribution in [-0.2, 0) is 0 Å². The fourth-order valence-electron chi connectivity index (χ4n) is 1.67. The summed E-state index contributed by atoms with van der Waals surface area (Å²) in [5.41, 5.74) is 1.54. The van der Waals surface area contributed by atoms with E-state index in [1.54, 1.807) is 17.7 Å². The zero-order chi connectivity index (χ0) is 12.6. The molecule has 0 aliphatic rings. The van der Waals surface area contributed by atoms with Crippen molar-refractivity contribution in [3.63, 3.8) is 0 Å². The van der Waals surface area contributed by atoms with E-state index in [9.17, 15) is 0 Å². The maximum absolute atomic E-state index is 4.37. The van der Waals surface area contributed by atoms with Gasteiger partial charge in [-0.25, -0.2) is 9.97 Å². The van der Waals surface area contributed by atoms with Gasteiger partial charge in [-0.2, -0.15) is 0 Å². The first-order valence-corrected chi connectivity index (χ1v) is 6.65. The topological polar surface area (TPSA) is 37.8 Å². The van der Waals surface area contributed by atoms with Gasteiger partial charge in [0, 0.05) is 11.4 Å². The van der Waals surface area contributed by atoms with Gasteiger partial charge in [0.1, 0.15) is 17.0 Å². The smallest absolute Gasteiger partial charge is 0.138 e. The van der Waals surface area contributed by atoms with Gasteiger partial charge in [-0.1, -0.05) is 20.8 Å². The zero-order valence-electron chi connectivity index (χ0n) is 11.1. The second-order valence-electron chi connectivity index (χ2n) is 5.60. The van der Waals surface area contributed by atoms with Crippen LogP contribution < -0.4 is 5.32 Å². The molecule has 0 aliphatic heterocycles. The van der Waals surface area contributed by atoms with Crippen LogP contribution in [0.15, 0.2) is 6.33 Å². The number of nitrogens with zero attached hydrogens (tertiary/aromatic N) is 2. The van der Waals surface area contributed by atoms with E-state index >= 15 is 0 Å². The monoisotopic (exact) mass is 249 g/mol. The normalized spacial score (nSPS) is 12.1. The minimum Gasteiger partial charge on any atom is -0.369 e. The summed E-state index contributed by atoms with van der Waals surface area (Å²) in [6, 6.07) is 0. The lowest BCUT2D eigenvalue weighted by atomic mass is 9.97. The Morgan fingerprint density at radius 2 is 1.94 bits per heavy atom. The van der Waals surface area contributed by atoms with E-state index in [1.807, 2.05) is 0 Å². The molecule has 2 rings (SSSR count). The summed E-state index contributed by atoms with van der Waals surface area (Å²) >= 11 is 1.74. The summed E-state index contributed by atoms with van der Waals surface area (Å²) in [7, 11) is 0. The van der Waals surface area contributed by atoms with Crippen LogP contribution in [0.4, 0.5) is 5.82 Å². The van der Waals surface area contributed by atoms with Crippen molar-refractivity contribution in [1.82, 2.24) is 9.97 Å². The molecule has 0 atom stereocenters. The summed E-state index contributed by atoms with van der Waals surface area (Å²) in [5.74, 6) is 0.965. The Kier molecular flexibility index (Phi) is 3.08. The fraction of sp³-hybridized carbons (Fsp3) is 0.538. The van der Waals surface area contributed by atoms with Crippen molar-refractivity contribution >= 4 is 27.4 Å². The summed E-state index contributed by atoms with van der Waals surface area (Å²) in [6.07, 6.45) is 1.64. The lowest BCUT2D eigenvalue weighted by Gasteiger charge is -2.19. The first kappa shape index (κ1) is 12.3. The lowest BCUT2D eigenvalue weighted by molar-refractivity contribution is 0.442. The van der Waals surface area contributed by atoms with Gasteiger partial charge in [0.15, 0.2) is 0 Å². The highest BCUT2D eigenvalue weighted by Crippen LogP contribution is 2.32. The Morgan fingerprint density at radius 3 is 2.59 bits per heavy atom. The molecule has 92 valence electrons. The Morgan fingerprint density at radius 1 is 1.24 bits per heavy atom. The van der Waals surface area contributed by atoms with Crippen LogP contribution in [0.3, 0.4) is 0 Å². The molecule has 0 aliphatic carbocycles. The van der Waals surface area contributed by atoms with Crippen molar-refractivity contribution in [2.75, 3.05) is 11.9 Å². The molecule has 0 unspecified atom stereocenters. The van der Waals surface area contributed by atoms with E-state index in [1.165, 1.54) is 15.8 Å². The summed E-state index contributed by atoms with van der Waals surface area (Å²) in [6.45, 7) is 11.8. The summed E-state index contributed by atoms with van der Waals surface area (Å²) in [5, 5.41) is 4.62. The molecule has 2 aromatic heterocycles. The van der Waals surface area contributed by atoms with Gasteiger partial charge >= 0.3 is 0 Å². The van der Waals surface area contributed by atoms with Gasteiger partial charge in [-0.05, 0) is 24.8 Å². The van der Waals surface area contributed by atoms with E-state index in [2.05, 4.69) is 49.9 Å². The van der Waals surface area contributed by atoms with Crippen LogP contribution in [-0.4, -0.2) is 16.5 Å². The highest BCUT2D eigenvalue weighted by Gasteiger charge is 2.14. The molecule has 0 radical (unpaired) electrons. The molecule has 0 fully saturated rings. The minimum absolute atomic E-state index is 0.246. The van der Waals surface area contributed by atoms with Gasteiger partial charge in [0.25, 0.3) is 0 Å². The van der Waals surface area contributed by atoms with E-state index in [-0.39, 0.29) is 5.41 Å². The van der Waals surface area contributed by atoms with Crippen LogP contribution in [0.2, 0.25) is 0 Å². The van der Waals surface area contributed by atoms with Gasteiger partial charge in [0.2, 0.25) is 0 Å². The Bertz CT molecular complexity index is 537. The third-order valence-electron chi connectivity index (χ3n) is 2.75. The van der Waals surface area contributed by atoms with Gasteiger partial charge in [-0.3, -0.25) is 0 Å². The molecule has 0 saturated heterocycles. The highest BCUT2D eigenvalue weighted by molar-refractivity contribution is 7.18. The molecular formula is C13H19N3S. The number of hydrogen-bond donors (Lipinski definition) is 1. The molecule has 0 amide bonds. The number of rotatable bonds is 2. The number of hydrogen-bond acceptors (Lipinski definition) is 4. The predicted molar refractivity (Wildman–Crippen MR) is 74.8 cm³/mol. The summed E-state index contributed by atoms with van der Waals surface area (Å²) in [4.78, 5) is 11.1. The molecular weight excluding hydrogens is 230 g/mol. The van der Waals surface area contributed by atoms with E-state index in [4.69, 9.17) is 0 Å². The lowest BCUT2D eigenvalue weighted by Crippen LogP contribution is -2.19. The molecule has 3 nitrogen and oxygen atoms in total. The van der Waals surface area contributed by atoms with Crippen LogP contribution in [0.5, 0.6) is 0 Å². The SMILES string of the molecule is Cc1sc2ncnc(NCC(C)(C)C)c2c1C. The largest absolute Gasteiger partial charge is 0.369 e. The third-order valence-corrected chi connectivity index (χ3v) is 3.87. The van der Waals surface area contributed by atoms with Crippen molar-refractivity contribution in [2.45, 2.75) is 34.6 Å². The standard InChI is InChI=1S/C13H19N3S/c1-8-9(2)17-12-10(8)11(15-7-16-12)14-6-13(3,4)5/h7H,6H2,1-5H3,(H,14,15,16). The molecule has 0 bridgehead atoms. The maximum atomic E-state index is 4.37. The van der Waals surface area contributed by atoms with Crippen LogP contribution >= 0.6 is 11.3 Å². The quantitative estimate of drug-likeness (QED) is 0.880. The average molecular weight is 249 g/mol. The number of aryl methyl sites for hydroxylation is 2. The Balaban J connectivity index is 2.40. The van der Waals surface area contributed by atoms with Crippen LogP contribution in [0.25, 0.3) is 10.2 Å². The number of aromatic nitrogens is 2. The second kappa shape index (κ2) is 4.26. The molecule has 0 spiro atoms. The van der Waals surface area contributed by atoms with Crippen molar-refractivity contribution in [2.24, 2.45) is 5.41 Å². The second-order valence-corrected chi connectivity index (χ2v) is 6.80. The van der Waals surface area contributed by atoms with Crippen LogP contribution in [0, 0.1) is 19.3 Å². The van der Waals surface area contributed by atoms with Gasteiger partial charge < -0.3 is 5.32 Å². The molecule has 4 heteroatoms. The van der Waals surface area contributed by atoms with Crippen molar-refractivity contribution < 1.29 is 0 Å². The first-order chi connectivity index (χ1) is 7.88. The van der Waals surface area contributed by atoms with Gasteiger partial charge in [0.05, 0.1) is 5.39 Å². The number of anilines is 1. The summed E-state index contributed by atoms with van der Waals surface area (Å²) < 4.78 is 0.